The van der Waals surface area contributed by atoms with Gasteiger partial charge in [0.25, 0.3) is 0 Å². The standard InChI is InChI=1S/C17H19N3O4.C17H17N3O4/c2*1-24-14-9-7-13(8-10-14)19-20-17(23)18-15(16(21)22)11-12-5-3-2-4-6-12/h2-10,15,19H,11H2,1H3,(H,21,22)(H2,18,20,23);2-10,15H,11H2,1H3,(H,18,23)(H,21,22). The number of methoxy groups -OCH3 is 2. The topological polar surface area (TPSA) is 200 Å². The number of aliphatic carboxylic acids is 2. The Balaban J connectivity index is 0.000000260. The fraction of sp³-hybridized carbons (Fsp3) is 0.176. The number of nitrogens with one attached hydrogen (secondary N) is 4. The second-order valence-corrected chi connectivity index (χ2v) is 9.96. The average molecular weight is 657 g/mol. The minimum atomic E-state index is -1.13. The van der Waals surface area contributed by atoms with E-state index in [0.29, 0.717) is 22.9 Å². The zero-order valence-electron chi connectivity index (χ0n) is 26.2. The highest BCUT2D eigenvalue weighted by Gasteiger charge is 2.21. The number of amides is 4. The Bertz CT molecular complexity index is 1640. The van der Waals surface area contributed by atoms with E-state index in [-0.39, 0.29) is 12.8 Å². The van der Waals surface area contributed by atoms with Gasteiger partial charge in [-0.1, -0.05) is 65.8 Å². The first-order valence-corrected chi connectivity index (χ1v) is 14.5. The number of benzene rings is 4. The maximum atomic E-state index is 11.9. The lowest BCUT2D eigenvalue weighted by atomic mass is 10.1. The first kappa shape index (κ1) is 36.0. The molecular weight excluding hydrogens is 620 g/mol. The van der Waals surface area contributed by atoms with Gasteiger partial charge in [-0.2, -0.15) is 0 Å². The van der Waals surface area contributed by atoms with Crippen molar-refractivity contribution >= 4 is 35.4 Å². The van der Waals surface area contributed by atoms with Crippen LogP contribution in [0.2, 0.25) is 0 Å². The Morgan fingerprint density at radius 2 is 1.10 bits per heavy atom. The molecular formula is C34H36N6O8. The van der Waals surface area contributed by atoms with Gasteiger partial charge in [0, 0.05) is 12.8 Å². The second-order valence-electron chi connectivity index (χ2n) is 9.96. The van der Waals surface area contributed by atoms with Crippen LogP contribution in [0, 0.1) is 0 Å². The van der Waals surface area contributed by atoms with Gasteiger partial charge in [-0.15, -0.1) is 5.11 Å². The number of carbonyl (C=O) groups is 4. The summed E-state index contributed by atoms with van der Waals surface area (Å²) >= 11 is 0. The number of urea groups is 2. The number of ether oxygens (including phenoxy) is 2. The van der Waals surface area contributed by atoms with Gasteiger partial charge in [-0.05, 0) is 59.7 Å². The van der Waals surface area contributed by atoms with Gasteiger partial charge in [-0.3, -0.25) is 10.9 Å². The van der Waals surface area contributed by atoms with E-state index in [0.717, 1.165) is 11.1 Å². The molecule has 0 aliphatic rings. The molecule has 250 valence electrons. The molecule has 0 aromatic heterocycles. The number of azo groups is 1. The molecule has 4 aromatic rings. The molecule has 14 nitrogen and oxygen atoms in total. The van der Waals surface area contributed by atoms with Crippen LogP contribution in [-0.4, -0.2) is 60.5 Å². The molecule has 4 aromatic carbocycles. The number of hydrogen-bond acceptors (Lipinski definition) is 8. The van der Waals surface area contributed by atoms with Crippen LogP contribution in [0.5, 0.6) is 11.5 Å². The molecule has 0 saturated heterocycles. The van der Waals surface area contributed by atoms with Crippen LogP contribution in [-0.2, 0) is 22.4 Å². The highest BCUT2D eigenvalue weighted by atomic mass is 16.5. The maximum Gasteiger partial charge on any atom is 0.360 e. The molecule has 0 fully saturated rings. The molecule has 0 saturated carbocycles. The largest absolute Gasteiger partial charge is 0.497 e. The van der Waals surface area contributed by atoms with E-state index >= 15 is 0 Å². The van der Waals surface area contributed by atoms with Crippen molar-refractivity contribution in [2.75, 3.05) is 19.6 Å². The highest BCUT2D eigenvalue weighted by Crippen LogP contribution is 2.18. The predicted molar refractivity (Wildman–Crippen MR) is 177 cm³/mol. The van der Waals surface area contributed by atoms with Crippen molar-refractivity contribution in [3.63, 3.8) is 0 Å². The molecule has 48 heavy (non-hydrogen) atoms. The third-order valence-corrected chi connectivity index (χ3v) is 6.50. The maximum absolute atomic E-state index is 11.9. The number of carboxylic acid groups (broad SMARTS) is 2. The SMILES string of the molecule is COc1ccc(N=NC(=O)NC(Cc2ccccc2)C(=O)O)cc1.COc1ccc(NNC(=O)NC(Cc2ccccc2)C(=O)O)cc1. The van der Waals surface area contributed by atoms with Crippen molar-refractivity contribution in [3.05, 3.63) is 120 Å². The molecule has 4 amide bonds. The van der Waals surface area contributed by atoms with Crippen LogP contribution in [0.15, 0.2) is 119 Å². The van der Waals surface area contributed by atoms with Crippen molar-refractivity contribution in [1.29, 1.82) is 0 Å². The molecule has 0 aliphatic carbocycles. The molecule has 0 aliphatic heterocycles. The fourth-order valence-electron chi connectivity index (χ4n) is 4.03. The van der Waals surface area contributed by atoms with Crippen molar-refractivity contribution in [2.45, 2.75) is 24.9 Å². The van der Waals surface area contributed by atoms with E-state index in [1.807, 2.05) is 36.4 Å². The fourth-order valence-corrected chi connectivity index (χ4v) is 4.03. The number of carboxylic acids is 2. The van der Waals surface area contributed by atoms with Gasteiger partial charge in [0.1, 0.15) is 23.6 Å². The van der Waals surface area contributed by atoms with Crippen LogP contribution in [0.1, 0.15) is 11.1 Å². The summed E-state index contributed by atoms with van der Waals surface area (Å²) in [5.41, 5.74) is 7.83. The molecule has 0 spiro atoms. The van der Waals surface area contributed by atoms with Gasteiger partial charge in [0.15, 0.2) is 0 Å². The van der Waals surface area contributed by atoms with Gasteiger partial charge >= 0.3 is 24.0 Å². The lowest BCUT2D eigenvalue weighted by molar-refractivity contribution is -0.140. The van der Waals surface area contributed by atoms with Gasteiger partial charge in [0.2, 0.25) is 0 Å². The first-order valence-electron chi connectivity index (χ1n) is 14.5. The molecule has 0 bridgehead atoms. The Morgan fingerprint density at radius 1 is 0.646 bits per heavy atom. The monoisotopic (exact) mass is 656 g/mol. The Kier molecular flexibility index (Phi) is 14.4. The van der Waals surface area contributed by atoms with Crippen molar-refractivity contribution < 1.29 is 38.9 Å². The lowest BCUT2D eigenvalue weighted by Gasteiger charge is -2.16. The smallest absolute Gasteiger partial charge is 0.360 e. The summed E-state index contributed by atoms with van der Waals surface area (Å²) in [5, 5.41) is 30.5. The predicted octanol–water partition coefficient (Wildman–Crippen LogP) is 5.20. The van der Waals surface area contributed by atoms with E-state index < -0.39 is 36.1 Å². The van der Waals surface area contributed by atoms with Crippen LogP contribution in [0.3, 0.4) is 0 Å². The van der Waals surface area contributed by atoms with Crippen molar-refractivity contribution in [3.8, 4) is 11.5 Å². The molecule has 14 heteroatoms. The molecule has 6 N–H and O–H groups in total. The van der Waals surface area contributed by atoms with E-state index in [4.69, 9.17) is 9.47 Å². The highest BCUT2D eigenvalue weighted by molar-refractivity contribution is 5.84. The van der Waals surface area contributed by atoms with Crippen LogP contribution >= 0.6 is 0 Å². The quantitative estimate of drug-likeness (QED) is 0.0826. The normalized spacial score (nSPS) is 11.5. The Hall–Kier alpha value is -6.44. The Morgan fingerprint density at radius 3 is 1.56 bits per heavy atom. The summed E-state index contributed by atoms with van der Waals surface area (Å²) < 4.78 is 10.1. The van der Waals surface area contributed by atoms with Crippen LogP contribution in [0.25, 0.3) is 0 Å². The number of carbonyl (C=O) groups excluding carboxylic acids is 2. The molecule has 2 unspecified atom stereocenters. The summed E-state index contributed by atoms with van der Waals surface area (Å²) in [6.07, 6.45) is 0.367. The van der Waals surface area contributed by atoms with Gasteiger partial charge in [0.05, 0.1) is 25.6 Å². The average Bonchev–Trinajstić information content (AvgIpc) is 3.11. The number of hydrogen-bond donors (Lipinski definition) is 6. The molecule has 0 radical (unpaired) electrons. The number of nitrogens with zero attached hydrogens (tertiary/aromatic N) is 2. The van der Waals surface area contributed by atoms with Gasteiger partial charge < -0.3 is 30.3 Å². The van der Waals surface area contributed by atoms with E-state index in [2.05, 4.69) is 31.7 Å². The lowest BCUT2D eigenvalue weighted by Crippen LogP contribution is -2.48. The van der Waals surface area contributed by atoms with Crippen LogP contribution in [0.4, 0.5) is 21.0 Å². The Labute approximate surface area is 276 Å². The third-order valence-electron chi connectivity index (χ3n) is 6.50. The van der Waals surface area contributed by atoms with E-state index in [1.54, 1.807) is 87.0 Å². The minimum absolute atomic E-state index is 0.167. The number of rotatable bonds is 13. The summed E-state index contributed by atoms with van der Waals surface area (Å²) in [7, 11) is 3.11. The van der Waals surface area contributed by atoms with Crippen molar-refractivity contribution in [2.24, 2.45) is 10.2 Å². The van der Waals surface area contributed by atoms with Crippen LogP contribution < -0.4 is 31.0 Å². The summed E-state index contributed by atoms with van der Waals surface area (Å²) in [5.74, 6) is -0.878. The van der Waals surface area contributed by atoms with E-state index in [1.165, 1.54) is 0 Å². The second kappa shape index (κ2) is 19.2. The molecule has 2 atom stereocenters. The summed E-state index contributed by atoms with van der Waals surface area (Å²) in [6.45, 7) is 0. The minimum Gasteiger partial charge on any atom is -0.497 e. The summed E-state index contributed by atoms with van der Waals surface area (Å²) in [4.78, 5) is 46.2. The molecule has 4 rings (SSSR count). The van der Waals surface area contributed by atoms with E-state index in [9.17, 15) is 29.4 Å². The third kappa shape index (κ3) is 12.9. The zero-order valence-corrected chi connectivity index (χ0v) is 26.2. The molecule has 0 heterocycles. The van der Waals surface area contributed by atoms with Gasteiger partial charge in [-0.25, -0.2) is 19.2 Å². The number of hydrazine groups is 1. The van der Waals surface area contributed by atoms with Crippen molar-refractivity contribution in [1.82, 2.24) is 16.1 Å². The number of anilines is 1. The summed E-state index contributed by atoms with van der Waals surface area (Å²) in [6, 6.07) is 28.1. The zero-order chi connectivity index (χ0) is 34.7. The first-order chi connectivity index (χ1) is 23.2.